The maximum atomic E-state index is 12.0. The molecule has 5 heteroatoms. The Kier molecular flexibility index (Phi) is 5.49. The van der Waals surface area contributed by atoms with Crippen molar-refractivity contribution in [2.75, 3.05) is 19.5 Å². The van der Waals surface area contributed by atoms with Crippen LogP contribution in [0.1, 0.15) is 32.1 Å². The van der Waals surface area contributed by atoms with E-state index in [0.29, 0.717) is 17.2 Å². The first-order chi connectivity index (χ1) is 10.2. The Hall–Kier alpha value is -2.17. The molecule has 0 heterocycles. The minimum absolute atomic E-state index is 0.278. The molecule has 1 saturated carbocycles. The van der Waals surface area contributed by atoms with E-state index in [4.69, 9.17) is 9.47 Å². The molecular weight excluding hydrogens is 268 g/mol. The third kappa shape index (κ3) is 4.41. The Morgan fingerprint density at radius 3 is 2.57 bits per heavy atom. The number of urea groups is 1. The zero-order chi connectivity index (χ0) is 15.1. The molecule has 1 aromatic carbocycles. The zero-order valence-electron chi connectivity index (χ0n) is 12.6. The first-order valence-electron chi connectivity index (χ1n) is 7.20. The van der Waals surface area contributed by atoms with Crippen LogP contribution < -0.4 is 20.1 Å². The molecule has 2 amide bonds. The highest BCUT2D eigenvalue weighted by Gasteiger charge is 2.09. The molecule has 0 bridgehead atoms. The van der Waals surface area contributed by atoms with Crippen molar-refractivity contribution in [1.29, 1.82) is 0 Å². The topological polar surface area (TPSA) is 59.6 Å². The van der Waals surface area contributed by atoms with Crippen LogP contribution in [0.25, 0.3) is 0 Å². The molecule has 1 aliphatic carbocycles. The number of hydrogen-bond donors (Lipinski definition) is 2. The van der Waals surface area contributed by atoms with Gasteiger partial charge >= 0.3 is 6.03 Å². The third-order valence-electron chi connectivity index (χ3n) is 3.56. The molecule has 0 spiro atoms. The summed E-state index contributed by atoms with van der Waals surface area (Å²) < 4.78 is 10.4. The summed E-state index contributed by atoms with van der Waals surface area (Å²) in [6, 6.07) is 4.99. The number of benzene rings is 1. The lowest BCUT2D eigenvalue weighted by atomic mass is 9.96. The summed E-state index contributed by atoms with van der Waals surface area (Å²) in [5, 5.41) is 5.56. The van der Waals surface area contributed by atoms with Gasteiger partial charge in [0.1, 0.15) is 11.5 Å². The maximum Gasteiger partial charge on any atom is 0.323 e. The summed E-state index contributed by atoms with van der Waals surface area (Å²) in [5.41, 5.74) is 1.88. The molecule has 1 fully saturated rings. The van der Waals surface area contributed by atoms with Gasteiger partial charge < -0.3 is 20.1 Å². The Balaban J connectivity index is 1.98. The van der Waals surface area contributed by atoms with Crippen LogP contribution in [0.3, 0.4) is 0 Å². The van der Waals surface area contributed by atoms with Crippen molar-refractivity contribution in [2.45, 2.75) is 32.1 Å². The van der Waals surface area contributed by atoms with E-state index >= 15 is 0 Å². The van der Waals surface area contributed by atoms with Crippen molar-refractivity contribution in [3.8, 4) is 11.5 Å². The molecule has 0 saturated heterocycles. The van der Waals surface area contributed by atoms with E-state index < -0.39 is 0 Å². The molecule has 114 valence electrons. The van der Waals surface area contributed by atoms with Crippen LogP contribution in [0.15, 0.2) is 30.0 Å². The van der Waals surface area contributed by atoms with E-state index in [9.17, 15) is 4.79 Å². The van der Waals surface area contributed by atoms with Crippen LogP contribution in [-0.2, 0) is 0 Å². The lowest BCUT2D eigenvalue weighted by Gasteiger charge is -2.14. The second-order valence-corrected chi connectivity index (χ2v) is 5.03. The monoisotopic (exact) mass is 290 g/mol. The highest BCUT2D eigenvalue weighted by Crippen LogP contribution is 2.28. The van der Waals surface area contributed by atoms with E-state index in [1.54, 1.807) is 32.4 Å². The second-order valence-electron chi connectivity index (χ2n) is 5.03. The van der Waals surface area contributed by atoms with Gasteiger partial charge in [0.2, 0.25) is 0 Å². The molecule has 1 aromatic rings. The van der Waals surface area contributed by atoms with Crippen molar-refractivity contribution in [3.63, 3.8) is 0 Å². The number of rotatable bonds is 4. The number of nitrogens with one attached hydrogen (secondary N) is 2. The summed E-state index contributed by atoms with van der Waals surface area (Å²) in [4.78, 5) is 12.0. The van der Waals surface area contributed by atoms with Gasteiger partial charge in [-0.1, -0.05) is 12.0 Å². The highest BCUT2D eigenvalue weighted by molar-refractivity contribution is 5.91. The normalized spacial score (nSPS) is 14.3. The molecule has 0 atom stereocenters. The van der Waals surface area contributed by atoms with Crippen LogP contribution in [0.4, 0.5) is 10.5 Å². The molecule has 2 rings (SSSR count). The fourth-order valence-corrected chi connectivity index (χ4v) is 2.39. The van der Waals surface area contributed by atoms with Crippen LogP contribution in [-0.4, -0.2) is 20.3 Å². The lowest BCUT2D eigenvalue weighted by molar-refractivity contribution is 0.255. The number of hydrogen-bond acceptors (Lipinski definition) is 3. The smallest absolute Gasteiger partial charge is 0.323 e. The van der Waals surface area contributed by atoms with Crippen LogP contribution >= 0.6 is 0 Å². The SMILES string of the molecule is COc1ccc(OC)c(NC(=O)NC=C2CCCCC2)c1. The van der Waals surface area contributed by atoms with Gasteiger partial charge in [0.05, 0.1) is 19.9 Å². The van der Waals surface area contributed by atoms with Crippen molar-refractivity contribution in [3.05, 3.63) is 30.0 Å². The van der Waals surface area contributed by atoms with Crippen LogP contribution in [0, 0.1) is 0 Å². The molecule has 0 aliphatic heterocycles. The number of carbonyl (C=O) groups excluding carboxylic acids is 1. The lowest BCUT2D eigenvalue weighted by Crippen LogP contribution is -2.24. The summed E-state index contributed by atoms with van der Waals surface area (Å²) >= 11 is 0. The summed E-state index contributed by atoms with van der Waals surface area (Å²) in [6.45, 7) is 0. The minimum atomic E-state index is -0.278. The Morgan fingerprint density at radius 1 is 1.14 bits per heavy atom. The predicted octanol–water partition coefficient (Wildman–Crippen LogP) is 3.67. The average Bonchev–Trinajstić information content (AvgIpc) is 2.54. The highest BCUT2D eigenvalue weighted by atomic mass is 16.5. The largest absolute Gasteiger partial charge is 0.497 e. The minimum Gasteiger partial charge on any atom is -0.497 e. The molecule has 1 aliphatic rings. The fourth-order valence-electron chi connectivity index (χ4n) is 2.39. The molecule has 2 N–H and O–H groups in total. The average molecular weight is 290 g/mol. The van der Waals surface area contributed by atoms with Gasteiger partial charge in [-0.3, -0.25) is 0 Å². The Bertz CT molecular complexity index is 518. The molecule has 0 unspecified atom stereocenters. The fraction of sp³-hybridized carbons (Fsp3) is 0.438. The summed E-state index contributed by atoms with van der Waals surface area (Å²) in [5.74, 6) is 1.26. The quantitative estimate of drug-likeness (QED) is 0.889. The Labute approximate surface area is 125 Å². The number of carbonyl (C=O) groups is 1. The van der Waals surface area contributed by atoms with Gasteiger partial charge in [0, 0.05) is 12.3 Å². The zero-order valence-corrected chi connectivity index (χ0v) is 12.6. The number of anilines is 1. The van der Waals surface area contributed by atoms with E-state index in [1.165, 1.54) is 24.8 Å². The number of ether oxygens (including phenoxy) is 2. The second kappa shape index (κ2) is 7.57. The Morgan fingerprint density at radius 2 is 1.90 bits per heavy atom. The van der Waals surface area contributed by atoms with Crippen LogP contribution in [0.2, 0.25) is 0 Å². The predicted molar refractivity (Wildman–Crippen MR) is 82.9 cm³/mol. The summed E-state index contributed by atoms with van der Waals surface area (Å²) in [6.07, 6.45) is 7.66. The molecule has 5 nitrogen and oxygen atoms in total. The van der Waals surface area contributed by atoms with Gasteiger partial charge in [0.15, 0.2) is 0 Å². The maximum absolute atomic E-state index is 12.0. The van der Waals surface area contributed by atoms with Crippen molar-refractivity contribution in [1.82, 2.24) is 5.32 Å². The van der Waals surface area contributed by atoms with E-state index in [0.717, 1.165) is 12.8 Å². The van der Waals surface area contributed by atoms with Gasteiger partial charge in [-0.2, -0.15) is 0 Å². The van der Waals surface area contributed by atoms with Gasteiger partial charge in [-0.05, 0) is 37.8 Å². The number of allylic oxidation sites excluding steroid dienone is 1. The van der Waals surface area contributed by atoms with E-state index in [-0.39, 0.29) is 6.03 Å². The standard InChI is InChI=1S/C16H22N2O3/c1-20-13-8-9-15(21-2)14(10-13)18-16(19)17-11-12-6-4-3-5-7-12/h8-11H,3-7H2,1-2H3,(H2,17,18,19). The van der Waals surface area contributed by atoms with Crippen molar-refractivity contribution in [2.24, 2.45) is 0 Å². The first kappa shape index (κ1) is 15.2. The van der Waals surface area contributed by atoms with Gasteiger partial charge in [-0.25, -0.2) is 4.79 Å². The van der Waals surface area contributed by atoms with Gasteiger partial charge in [-0.15, -0.1) is 0 Å². The van der Waals surface area contributed by atoms with Crippen molar-refractivity contribution < 1.29 is 14.3 Å². The molecular formula is C16H22N2O3. The van der Waals surface area contributed by atoms with Crippen molar-refractivity contribution >= 4 is 11.7 Å². The number of methoxy groups -OCH3 is 2. The molecule has 21 heavy (non-hydrogen) atoms. The number of amides is 2. The van der Waals surface area contributed by atoms with Gasteiger partial charge in [0.25, 0.3) is 0 Å². The van der Waals surface area contributed by atoms with Crippen LogP contribution in [0.5, 0.6) is 11.5 Å². The van der Waals surface area contributed by atoms with E-state index in [2.05, 4.69) is 10.6 Å². The molecule has 0 aromatic heterocycles. The third-order valence-corrected chi connectivity index (χ3v) is 3.56. The first-order valence-corrected chi connectivity index (χ1v) is 7.20. The molecule has 0 radical (unpaired) electrons. The summed E-state index contributed by atoms with van der Waals surface area (Å²) in [7, 11) is 3.15. The van der Waals surface area contributed by atoms with E-state index in [1.807, 2.05) is 6.20 Å².